The van der Waals surface area contributed by atoms with Crippen LogP contribution in [0, 0.1) is 0 Å². The van der Waals surface area contributed by atoms with Gasteiger partial charge in [-0.1, -0.05) is 66.7 Å². The zero-order chi connectivity index (χ0) is 23.8. The van der Waals surface area contributed by atoms with Crippen molar-refractivity contribution in [2.24, 2.45) is 5.10 Å². The van der Waals surface area contributed by atoms with Crippen molar-refractivity contribution in [2.45, 2.75) is 24.3 Å². The molecule has 0 spiro atoms. The number of para-hydroxylation sites is 1. The Balaban J connectivity index is 1.38. The lowest BCUT2D eigenvalue weighted by Gasteiger charge is -2.27. The van der Waals surface area contributed by atoms with Crippen molar-refractivity contribution in [1.82, 2.24) is 10.3 Å². The fraction of sp³-hybridized carbons (Fsp3) is 0.231. The summed E-state index contributed by atoms with van der Waals surface area (Å²) in [5.74, 6) is -0.484. The number of nitrogens with one attached hydrogen (secondary N) is 1. The standard InChI is InChI=1S/C26H28N4O3S/c31-26(28-27-23-16-18-29(19-17-23)20-22-10-4-1-5-11-22)21-30(24-12-6-2-7-13-24)34(32,33)25-14-8-3-9-15-25/h1-15H,16-21H2,(H,28,31). The van der Waals surface area contributed by atoms with Crippen LogP contribution in [0.4, 0.5) is 5.69 Å². The Bertz CT molecular complexity index is 1210. The number of carbonyl (C=O) groups excluding carboxylic acids is 1. The van der Waals surface area contributed by atoms with E-state index < -0.39 is 15.9 Å². The zero-order valence-electron chi connectivity index (χ0n) is 18.9. The van der Waals surface area contributed by atoms with Crippen LogP contribution >= 0.6 is 0 Å². The van der Waals surface area contributed by atoms with E-state index in [1.54, 1.807) is 48.5 Å². The summed E-state index contributed by atoms with van der Waals surface area (Å²) >= 11 is 0. The average molecular weight is 477 g/mol. The molecule has 4 rings (SSSR count). The van der Waals surface area contributed by atoms with Gasteiger partial charge >= 0.3 is 0 Å². The van der Waals surface area contributed by atoms with Crippen LogP contribution in [0.1, 0.15) is 18.4 Å². The van der Waals surface area contributed by atoms with Gasteiger partial charge in [-0.25, -0.2) is 13.8 Å². The van der Waals surface area contributed by atoms with E-state index in [0.29, 0.717) is 5.69 Å². The second-order valence-corrected chi connectivity index (χ2v) is 10.00. The number of hydrazone groups is 1. The highest BCUT2D eigenvalue weighted by Crippen LogP contribution is 2.23. The summed E-state index contributed by atoms with van der Waals surface area (Å²) in [6.07, 6.45) is 1.52. The smallest absolute Gasteiger partial charge is 0.264 e. The second-order valence-electron chi connectivity index (χ2n) is 8.14. The molecule has 0 aliphatic carbocycles. The molecule has 1 amide bonds. The summed E-state index contributed by atoms with van der Waals surface area (Å²) in [4.78, 5) is 15.2. The first-order valence-corrected chi connectivity index (χ1v) is 12.7. The Morgan fingerprint density at radius 3 is 2.03 bits per heavy atom. The molecule has 0 saturated carbocycles. The van der Waals surface area contributed by atoms with E-state index in [4.69, 9.17) is 0 Å². The van der Waals surface area contributed by atoms with Gasteiger partial charge < -0.3 is 0 Å². The van der Waals surface area contributed by atoms with Gasteiger partial charge in [0.1, 0.15) is 6.54 Å². The van der Waals surface area contributed by atoms with Crippen LogP contribution in [0.25, 0.3) is 0 Å². The highest BCUT2D eigenvalue weighted by atomic mass is 32.2. The van der Waals surface area contributed by atoms with Crippen molar-refractivity contribution in [3.63, 3.8) is 0 Å². The van der Waals surface area contributed by atoms with Crippen LogP contribution in [-0.2, 0) is 21.4 Å². The SMILES string of the molecule is O=C(CN(c1ccccc1)S(=O)(=O)c1ccccc1)NN=C1CCN(Cc2ccccc2)CC1. The molecule has 0 radical (unpaired) electrons. The van der Waals surface area contributed by atoms with Crippen LogP contribution in [0.2, 0.25) is 0 Å². The van der Waals surface area contributed by atoms with Crippen LogP contribution in [0.3, 0.4) is 0 Å². The van der Waals surface area contributed by atoms with Crippen molar-refractivity contribution >= 4 is 27.3 Å². The summed E-state index contributed by atoms with van der Waals surface area (Å²) in [6, 6.07) is 27.1. The third-order valence-electron chi connectivity index (χ3n) is 5.68. The molecule has 0 bridgehead atoms. The van der Waals surface area contributed by atoms with Crippen LogP contribution in [0.5, 0.6) is 0 Å². The molecule has 3 aromatic rings. The van der Waals surface area contributed by atoms with Gasteiger partial charge in [-0.2, -0.15) is 5.10 Å². The van der Waals surface area contributed by atoms with Crippen molar-refractivity contribution in [2.75, 3.05) is 23.9 Å². The summed E-state index contributed by atoms with van der Waals surface area (Å²) in [5.41, 5.74) is 5.17. The van der Waals surface area contributed by atoms with Gasteiger partial charge in [-0.15, -0.1) is 0 Å². The zero-order valence-corrected chi connectivity index (χ0v) is 19.7. The largest absolute Gasteiger partial charge is 0.298 e. The predicted molar refractivity (Wildman–Crippen MR) is 134 cm³/mol. The molecule has 3 aromatic carbocycles. The molecule has 0 unspecified atom stereocenters. The first-order chi connectivity index (χ1) is 16.5. The quantitative estimate of drug-likeness (QED) is 0.503. The van der Waals surface area contributed by atoms with Crippen molar-refractivity contribution < 1.29 is 13.2 Å². The number of carbonyl (C=O) groups is 1. The first-order valence-electron chi connectivity index (χ1n) is 11.3. The van der Waals surface area contributed by atoms with Crippen molar-refractivity contribution in [1.29, 1.82) is 0 Å². The number of anilines is 1. The highest BCUT2D eigenvalue weighted by molar-refractivity contribution is 7.92. The predicted octanol–water partition coefficient (Wildman–Crippen LogP) is 3.65. The molecule has 1 fully saturated rings. The molecule has 176 valence electrons. The number of likely N-dealkylation sites (tertiary alicyclic amines) is 1. The number of nitrogens with zero attached hydrogens (tertiary/aromatic N) is 3. The molecular weight excluding hydrogens is 448 g/mol. The van der Waals surface area contributed by atoms with E-state index in [-0.39, 0.29) is 11.4 Å². The van der Waals surface area contributed by atoms with E-state index in [1.807, 2.05) is 18.2 Å². The number of hydrogen-bond acceptors (Lipinski definition) is 5. The van der Waals surface area contributed by atoms with E-state index in [2.05, 4.69) is 27.6 Å². The fourth-order valence-corrected chi connectivity index (χ4v) is 5.30. The maximum Gasteiger partial charge on any atom is 0.264 e. The van der Waals surface area contributed by atoms with Gasteiger partial charge in [0.15, 0.2) is 0 Å². The van der Waals surface area contributed by atoms with E-state index in [1.165, 1.54) is 17.7 Å². The maximum absolute atomic E-state index is 13.3. The minimum atomic E-state index is -3.91. The number of rotatable bonds is 8. The molecule has 1 aliphatic rings. The van der Waals surface area contributed by atoms with E-state index in [0.717, 1.165) is 42.5 Å². The Hall–Kier alpha value is -3.49. The third kappa shape index (κ3) is 6.09. The topological polar surface area (TPSA) is 82.1 Å². The molecule has 7 nitrogen and oxygen atoms in total. The third-order valence-corrected chi connectivity index (χ3v) is 7.47. The molecule has 1 aliphatic heterocycles. The fourth-order valence-electron chi connectivity index (χ4n) is 3.86. The Kier molecular flexibility index (Phi) is 7.72. The Morgan fingerprint density at radius 1 is 0.853 bits per heavy atom. The number of piperidine rings is 1. The molecule has 8 heteroatoms. The average Bonchev–Trinajstić information content (AvgIpc) is 2.88. The van der Waals surface area contributed by atoms with Crippen LogP contribution in [-0.4, -0.2) is 44.6 Å². The van der Waals surface area contributed by atoms with Crippen LogP contribution < -0.4 is 9.73 Å². The lowest BCUT2D eigenvalue weighted by molar-refractivity contribution is -0.119. The number of amides is 1. The first kappa shape index (κ1) is 23.7. The second kappa shape index (κ2) is 11.1. The number of hydrogen-bond donors (Lipinski definition) is 1. The van der Waals surface area contributed by atoms with Gasteiger partial charge in [0, 0.05) is 38.2 Å². The normalized spacial score (nSPS) is 14.4. The molecule has 0 aromatic heterocycles. The number of sulfonamides is 1. The summed E-state index contributed by atoms with van der Waals surface area (Å²) in [7, 11) is -3.91. The van der Waals surface area contributed by atoms with Gasteiger partial charge in [0.25, 0.3) is 15.9 Å². The van der Waals surface area contributed by atoms with Gasteiger partial charge in [-0.3, -0.25) is 14.0 Å². The molecular formula is C26H28N4O3S. The van der Waals surface area contributed by atoms with Gasteiger partial charge in [0.2, 0.25) is 0 Å². The van der Waals surface area contributed by atoms with Gasteiger partial charge in [-0.05, 0) is 29.8 Å². The van der Waals surface area contributed by atoms with Crippen LogP contribution in [0.15, 0.2) is 101 Å². The summed E-state index contributed by atoms with van der Waals surface area (Å²) in [5, 5.41) is 4.30. The Labute approximate surface area is 200 Å². The van der Waals surface area contributed by atoms with Gasteiger partial charge in [0.05, 0.1) is 10.6 Å². The minimum Gasteiger partial charge on any atom is -0.298 e. The van der Waals surface area contributed by atoms with Crippen molar-refractivity contribution in [3.8, 4) is 0 Å². The highest BCUT2D eigenvalue weighted by Gasteiger charge is 2.27. The molecule has 1 saturated heterocycles. The molecule has 0 atom stereocenters. The summed E-state index contributed by atoms with van der Waals surface area (Å²) in [6.45, 7) is 2.26. The number of benzene rings is 3. The maximum atomic E-state index is 13.3. The lowest BCUT2D eigenvalue weighted by Crippen LogP contribution is -2.40. The summed E-state index contributed by atoms with van der Waals surface area (Å²) < 4.78 is 27.6. The molecule has 34 heavy (non-hydrogen) atoms. The molecule has 1 N–H and O–H groups in total. The monoisotopic (exact) mass is 476 g/mol. The van der Waals surface area contributed by atoms with E-state index in [9.17, 15) is 13.2 Å². The lowest BCUT2D eigenvalue weighted by atomic mass is 10.1. The Morgan fingerprint density at radius 2 is 1.41 bits per heavy atom. The molecule has 1 heterocycles. The van der Waals surface area contributed by atoms with E-state index >= 15 is 0 Å². The van der Waals surface area contributed by atoms with Crippen molar-refractivity contribution in [3.05, 3.63) is 96.6 Å². The minimum absolute atomic E-state index is 0.128.